The van der Waals surface area contributed by atoms with E-state index in [1.165, 1.54) is 0 Å². The quantitative estimate of drug-likeness (QED) is 0.364. The highest BCUT2D eigenvalue weighted by atomic mass is 16.4. The van der Waals surface area contributed by atoms with Crippen molar-refractivity contribution >= 4 is 22.7 Å². The molecule has 21 heavy (non-hydrogen) atoms. The number of amidine groups is 1. The maximum absolute atomic E-state index is 8.69. The van der Waals surface area contributed by atoms with Crippen LogP contribution >= 0.6 is 0 Å². The number of anilines is 1. The van der Waals surface area contributed by atoms with Crippen molar-refractivity contribution in [3.8, 4) is 0 Å². The summed E-state index contributed by atoms with van der Waals surface area (Å²) in [6, 6.07) is 1.95. The molecule has 0 unspecified atom stereocenters. The van der Waals surface area contributed by atoms with Gasteiger partial charge in [0.2, 0.25) is 0 Å². The number of nitrogens with zero attached hydrogens (tertiary/aromatic N) is 5. The molecule has 0 saturated heterocycles. The Labute approximate surface area is 124 Å². The highest BCUT2D eigenvalue weighted by Crippen LogP contribution is 2.23. The first-order valence-electron chi connectivity index (χ1n) is 7.00. The Morgan fingerprint density at radius 3 is 2.90 bits per heavy atom. The van der Waals surface area contributed by atoms with Crippen LogP contribution in [0, 0.1) is 5.92 Å². The molecule has 0 spiro atoms. The average molecular weight is 290 g/mol. The number of aromatic nitrogens is 3. The Morgan fingerprint density at radius 2 is 2.24 bits per heavy atom. The van der Waals surface area contributed by atoms with E-state index < -0.39 is 0 Å². The van der Waals surface area contributed by atoms with E-state index in [1.54, 1.807) is 12.5 Å². The number of rotatable bonds is 6. The summed E-state index contributed by atoms with van der Waals surface area (Å²) in [6.07, 6.45) is 4.05. The van der Waals surface area contributed by atoms with Gasteiger partial charge in [-0.25, -0.2) is 9.97 Å². The molecule has 7 heteroatoms. The minimum Gasteiger partial charge on any atom is -0.409 e. The van der Waals surface area contributed by atoms with Gasteiger partial charge in [0.25, 0.3) is 0 Å². The molecule has 0 amide bonds. The van der Waals surface area contributed by atoms with E-state index in [0.717, 1.165) is 23.4 Å². The lowest BCUT2D eigenvalue weighted by atomic mass is 10.2. The zero-order valence-corrected chi connectivity index (χ0v) is 12.7. The normalized spacial score (nSPS) is 12.3. The zero-order chi connectivity index (χ0) is 15.4. The highest BCUT2D eigenvalue weighted by Gasteiger charge is 2.16. The van der Waals surface area contributed by atoms with Crippen molar-refractivity contribution in [2.24, 2.45) is 23.9 Å². The van der Waals surface area contributed by atoms with Crippen LogP contribution in [0.15, 0.2) is 23.7 Å². The van der Waals surface area contributed by atoms with Crippen molar-refractivity contribution in [3.05, 3.63) is 18.6 Å². The van der Waals surface area contributed by atoms with Crippen molar-refractivity contribution < 1.29 is 5.21 Å². The fraction of sp³-hybridized carbons (Fsp3) is 0.500. The molecule has 2 aromatic rings. The van der Waals surface area contributed by atoms with Gasteiger partial charge in [-0.05, 0) is 12.0 Å². The topological polar surface area (TPSA) is 92.6 Å². The van der Waals surface area contributed by atoms with E-state index in [1.807, 2.05) is 17.7 Å². The number of fused-ring (bicyclic) bond motifs is 1. The van der Waals surface area contributed by atoms with Gasteiger partial charge in [0.05, 0.1) is 11.8 Å². The minimum absolute atomic E-state index is 0.219. The third kappa shape index (κ3) is 3.42. The first kappa shape index (κ1) is 15.1. The van der Waals surface area contributed by atoms with Gasteiger partial charge in [0.15, 0.2) is 5.82 Å². The van der Waals surface area contributed by atoms with Gasteiger partial charge in [-0.15, -0.1) is 0 Å². The predicted molar refractivity (Wildman–Crippen MR) is 83.6 cm³/mol. The summed E-state index contributed by atoms with van der Waals surface area (Å²) in [5, 5.41) is 11.7. The second kappa shape index (κ2) is 6.43. The monoisotopic (exact) mass is 290 g/mol. The van der Waals surface area contributed by atoms with Gasteiger partial charge < -0.3 is 20.4 Å². The average Bonchev–Trinajstić information content (AvgIpc) is 2.84. The molecule has 0 aliphatic rings. The molecular weight excluding hydrogens is 268 g/mol. The van der Waals surface area contributed by atoms with E-state index in [0.29, 0.717) is 18.9 Å². The third-order valence-electron chi connectivity index (χ3n) is 3.28. The first-order chi connectivity index (χ1) is 10.0. The van der Waals surface area contributed by atoms with E-state index >= 15 is 0 Å². The SMILES string of the molecule is CC(C)CN(CC/C(N)=N/O)c1nccc2c1ncn2C. The summed E-state index contributed by atoms with van der Waals surface area (Å²) in [6.45, 7) is 5.77. The minimum atomic E-state index is 0.219. The van der Waals surface area contributed by atoms with E-state index in [2.05, 4.69) is 33.9 Å². The number of aryl methyl sites for hydroxylation is 1. The van der Waals surface area contributed by atoms with Crippen LogP contribution in [0.25, 0.3) is 11.0 Å². The maximum atomic E-state index is 8.69. The number of imidazole rings is 1. The van der Waals surface area contributed by atoms with Gasteiger partial charge in [0.1, 0.15) is 11.4 Å². The molecular formula is C14H22N6O. The van der Waals surface area contributed by atoms with Crippen LogP contribution in [0.1, 0.15) is 20.3 Å². The first-order valence-corrected chi connectivity index (χ1v) is 7.00. The van der Waals surface area contributed by atoms with Gasteiger partial charge in [-0.3, -0.25) is 0 Å². The maximum Gasteiger partial charge on any atom is 0.156 e. The van der Waals surface area contributed by atoms with Crippen LogP contribution in [-0.2, 0) is 7.05 Å². The molecule has 3 N–H and O–H groups in total. The Hall–Kier alpha value is -2.31. The predicted octanol–water partition coefficient (Wildman–Crippen LogP) is 1.57. The van der Waals surface area contributed by atoms with Crippen molar-refractivity contribution in [2.75, 3.05) is 18.0 Å². The Kier molecular flexibility index (Phi) is 4.62. The Balaban J connectivity index is 2.33. The van der Waals surface area contributed by atoms with Crippen LogP contribution < -0.4 is 10.6 Å². The Bertz CT molecular complexity index is 633. The van der Waals surface area contributed by atoms with Gasteiger partial charge >= 0.3 is 0 Å². The third-order valence-corrected chi connectivity index (χ3v) is 3.28. The van der Waals surface area contributed by atoms with Crippen molar-refractivity contribution in [2.45, 2.75) is 20.3 Å². The number of hydrogen-bond acceptors (Lipinski definition) is 5. The fourth-order valence-corrected chi connectivity index (χ4v) is 2.30. The van der Waals surface area contributed by atoms with Crippen LogP contribution in [0.3, 0.4) is 0 Å². The number of hydrogen-bond donors (Lipinski definition) is 2. The summed E-state index contributed by atoms with van der Waals surface area (Å²) in [5.74, 6) is 1.53. The van der Waals surface area contributed by atoms with Crippen LogP contribution in [0.2, 0.25) is 0 Å². The summed E-state index contributed by atoms with van der Waals surface area (Å²) in [5.41, 5.74) is 7.49. The molecule has 2 aromatic heterocycles. The van der Waals surface area contributed by atoms with Crippen molar-refractivity contribution in [3.63, 3.8) is 0 Å². The summed E-state index contributed by atoms with van der Waals surface area (Å²) < 4.78 is 1.97. The second-order valence-corrected chi connectivity index (χ2v) is 5.54. The molecule has 0 saturated carbocycles. The summed E-state index contributed by atoms with van der Waals surface area (Å²) in [7, 11) is 1.96. The lowest BCUT2D eigenvalue weighted by molar-refractivity contribution is 0.317. The molecule has 114 valence electrons. The lowest BCUT2D eigenvalue weighted by Gasteiger charge is -2.25. The van der Waals surface area contributed by atoms with Crippen LogP contribution in [0.5, 0.6) is 0 Å². The lowest BCUT2D eigenvalue weighted by Crippen LogP contribution is -2.32. The van der Waals surface area contributed by atoms with E-state index in [9.17, 15) is 0 Å². The molecule has 0 aromatic carbocycles. The number of nitrogens with two attached hydrogens (primary N) is 1. The molecule has 0 aliphatic heterocycles. The molecule has 2 heterocycles. The summed E-state index contributed by atoms with van der Waals surface area (Å²) in [4.78, 5) is 11.1. The largest absolute Gasteiger partial charge is 0.409 e. The Morgan fingerprint density at radius 1 is 1.48 bits per heavy atom. The van der Waals surface area contributed by atoms with Crippen LogP contribution in [0.4, 0.5) is 5.82 Å². The molecule has 0 radical (unpaired) electrons. The molecule has 0 atom stereocenters. The zero-order valence-electron chi connectivity index (χ0n) is 12.7. The number of oxime groups is 1. The second-order valence-electron chi connectivity index (χ2n) is 5.54. The van der Waals surface area contributed by atoms with Crippen molar-refractivity contribution in [1.82, 2.24) is 14.5 Å². The van der Waals surface area contributed by atoms with Gasteiger partial charge in [0, 0.05) is 32.8 Å². The van der Waals surface area contributed by atoms with Crippen molar-refractivity contribution in [1.29, 1.82) is 0 Å². The smallest absolute Gasteiger partial charge is 0.156 e. The van der Waals surface area contributed by atoms with Gasteiger partial charge in [-0.1, -0.05) is 19.0 Å². The standard InChI is InChI=1S/C14H22N6O/c1-10(2)8-20(7-5-12(15)18-21)14-13-11(4-6-16-14)19(3)9-17-13/h4,6,9-10,21H,5,7-8H2,1-3H3,(H2,15,18). The number of pyridine rings is 1. The van der Waals surface area contributed by atoms with E-state index in [-0.39, 0.29) is 5.84 Å². The molecule has 0 bridgehead atoms. The molecule has 0 aliphatic carbocycles. The summed E-state index contributed by atoms with van der Waals surface area (Å²) >= 11 is 0. The van der Waals surface area contributed by atoms with E-state index in [4.69, 9.17) is 10.9 Å². The molecule has 2 rings (SSSR count). The van der Waals surface area contributed by atoms with Crippen LogP contribution in [-0.4, -0.2) is 38.7 Å². The fourth-order valence-electron chi connectivity index (χ4n) is 2.30. The highest BCUT2D eigenvalue weighted by molar-refractivity contribution is 5.87. The van der Waals surface area contributed by atoms with Gasteiger partial charge in [-0.2, -0.15) is 0 Å². The molecule has 7 nitrogen and oxygen atoms in total. The molecule has 0 fully saturated rings.